The second-order valence-corrected chi connectivity index (χ2v) is 5.54. The number of carbonyl (C=O) groups is 1. The molecule has 0 saturated carbocycles. The van der Waals surface area contributed by atoms with Crippen molar-refractivity contribution in [2.75, 3.05) is 0 Å². The molecule has 0 atom stereocenters. The lowest BCUT2D eigenvalue weighted by atomic mass is 10.2. The second kappa shape index (κ2) is 5.86. The molecule has 4 rings (SSSR count). The smallest absolute Gasteiger partial charge is 0.268 e. The van der Waals surface area contributed by atoms with Crippen molar-refractivity contribution in [3.05, 3.63) is 59.2 Å². The van der Waals surface area contributed by atoms with E-state index in [9.17, 15) is 4.79 Å². The van der Waals surface area contributed by atoms with E-state index in [1.807, 2.05) is 30.3 Å². The van der Waals surface area contributed by atoms with Crippen LogP contribution < -0.4 is 5.32 Å². The summed E-state index contributed by atoms with van der Waals surface area (Å²) >= 11 is 5.74. The Bertz CT molecular complexity index is 971. The zero-order chi connectivity index (χ0) is 16.5. The molecule has 0 radical (unpaired) electrons. The van der Waals surface area contributed by atoms with Crippen LogP contribution in [0.5, 0.6) is 0 Å². The first-order chi connectivity index (χ1) is 11.7. The molecule has 4 aromatic rings. The third-order valence-electron chi connectivity index (χ3n) is 3.50. The molecule has 120 valence electrons. The van der Waals surface area contributed by atoms with E-state index in [-0.39, 0.29) is 17.7 Å². The highest BCUT2D eigenvalue weighted by molar-refractivity contribution is 6.29. The quantitative estimate of drug-likeness (QED) is 0.531. The van der Waals surface area contributed by atoms with E-state index >= 15 is 0 Å². The van der Waals surface area contributed by atoms with Gasteiger partial charge in [-0.05, 0) is 11.6 Å². The van der Waals surface area contributed by atoms with Gasteiger partial charge in [0.25, 0.3) is 5.91 Å². The molecular formula is C16H12ClN5O2. The van der Waals surface area contributed by atoms with Gasteiger partial charge in [0.1, 0.15) is 11.5 Å². The number of hydrogen-bond acceptors (Lipinski definition) is 4. The van der Waals surface area contributed by atoms with Crippen LogP contribution in [0.3, 0.4) is 0 Å². The first-order valence-electron chi connectivity index (χ1n) is 7.22. The van der Waals surface area contributed by atoms with E-state index < -0.39 is 0 Å². The average molecular weight is 342 g/mol. The average Bonchev–Trinajstić information content (AvgIpc) is 3.27. The molecule has 0 fully saturated rings. The molecular weight excluding hydrogens is 330 g/mol. The van der Waals surface area contributed by atoms with Crippen LogP contribution in [0.4, 0.5) is 0 Å². The van der Waals surface area contributed by atoms with Crippen molar-refractivity contribution in [3.8, 4) is 11.4 Å². The van der Waals surface area contributed by atoms with E-state index in [0.29, 0.717) is 28.4 Å². The summed E-state index contributed by atoms with van der Waals surface area (Å²) in [5, 5.41) is 10.0. The molecule has 0 unspecified atom stereocenters. The minimum absolute atomic E-state index is 0.236. The minimum atomic E-state index is -0.268. The molecule has 0 aliphatic heterocycles. The molecule has 7 nitrogen and oxygen atoms in total. The van der Waals surface area contributed by atoms with Gasteiger partial charge in [0, 0.05) is 17.7 Å². The van der Waals surface area contributed by atoms with Crippen molar-refractivity contribution < 1.29 is 9.21 Å². The van der Waals surface area contributed by atoms with Crippen LogP contribution in [-0.2, 0) is 6.54 Å². The highest BCUT2D eigenvalue weighted by Crippen LogP contribution is 2.23. The van der Waals surface area contributed by atoms with Gasteiger partial charge < -0.3 is 14.7 Å². The molecule has 24 heavy (non-hydrogen) atoms. The third kappa shape index (κ3) is 2.77. The number of fused-ring (bicyclic) bond motifs is 1. The predicted molar refractivity (Wildman–Crippen MR) is 88.6 cm³/mol. The number of halogens is 1. The first kappa shape index (κ1) is 14.5. The number of furan rings is 1. The van der Waals surface area contributed by atoms with Crippen LogP contribution in [-0.4, -0.2) is 26.1 Å². The van der Waals surface area contributed by atoms with Crippen molar-refractivity contribution in [1.29, 1.82) is 0 Å². The topological polar surface area (TPSA) is 99.6 Å². The summed E-state index contributed by atoms with van der Waals surface area (Å²) in [7, 11) is 0. The summed E-state index contributed by atoms with van der Waals surface area (Å²) in [6.07, 6.45) is 0. The highest BCUT2D eigenvalue weighted by atomic mass is 35.5. The number of aromatic amines is 2. The Morgan fingerprint density at radius 2 is 2.08 bits per heavy atom. The molecule has 0 aliphatic carbocycles. The molecule has 0 saturated heterocycles. The van der Waals surface area contributed by atoms with E-state index in [1.165, 1.54) is 0 Å². The van der Waals surface area contributed by atoms with Gasteiger partial charge in [-0.1, -0.05) is 30.3 Å². The molecule has 0 bridgehead atoms. The van der Waals surface area contributed by atoms with Gasteiger partial charge in [-0.3, -0.25) is 9.89 Å². The fourth-order valence-electron chi connectivity index (χ4n) is 2.36. The molecule has 1 amide bonds. The molecule has 3 N–H and O–H groups in total. The van der Waals surface area contributed by atoms with Gasteiger partial charge in [0.15, 0.2) is 16.6 Å². The van der Waals surface area contributed by atoms with Crippen molar-refractivity contribution in [2.45, 2.75) is 6.54 Å². The maximum atomic E-state index is 12.2. The lowest BCUT2D eigenvalue weighted by Gasteiger charge is -2.00. The number of nitrogens with one attached hydrogen (secondary N) is 3. The molecule has 3 heterocycles. The second-order valence-electron chi connectivity index (χ2n) is 5.17. The van der Waals surface area contributed by atoms with E-state index in [2.05, 4.69) is 25.5 Å². The van der Waals surface area contributed by atoms with Gasteiger partial charge in [-0.25, -0.2) is 4.98 Å². The van der Waals surface area contributed by atoms with Crippen LogP contribution in [0.2, 0.25) is 5.22 Å². The van der Waals surface area contributed by atoms with Crippen LogP contribution in [0.15, 0.2) is 46.9 Å². The summed E-state index contributed by atoms with van der Waals surface area (Å²) in [6, 6.07) is 12.8. The molecule has 3 aromatic heterocycles. The summed E-state index contributed by atoms with van der Waals surface area (Å²) in [4.78, 5) is 19.5. The van der Waals surface area contributed by atoms with Crippen molar-refractivity contribution >= 4 is 28.6 Å². The van der Waals surface area contributed by atoms with E-state index in [1.54, 1.807) is 12.1 Å². The number of nitrogens with zero attached hydrogens (tertiary/aromatic N) is 2. The van der Waals surface area contributed by atoms with Crippen molar-refractivity contribution in [2.24, 2.45) is 0 Å². The van der Waals surface area contributed by atoms with E-state index in [4.69, 9.17) is 16.0 Å². The molecule has 1 aromatic carbocycles. The summed E-state index contributed by atoms with van der Waals surface area (Å²) in [5.74, 6) is 0.891. The van der Waals surface area contributed by atoms with Gasteiger partial charge in [-0.2, -0.15) is 5.10 Å². The van der Waals surface area contributed by atoms with Crippen LogP contribution in [0.25, 0.3) is 22.5 Å². The lowest BCUT2D eigenvalue weighted by Crippen LogP contribution is -2.23. The monoisotopic (exact) mass is 341 g/mol. The Balaban J connectivity index is 1.43. The lowest BCUT2D eigenvalue weighted by molar-refractivity contribution is 0.0945. The fraction of sp³-hybridized carbons (Fsp3) is 0.0625. The maximum absolute atomic E-state index is 12.2. The number of amides is 1. The third-order valence-corrected chi connectivity index (χ3v) is 3.69. The Hall–Kier alpha value is -3.06. The number of carbonyl (C=O) groups excluding carboxylic acids is 1. The first-order valence-corrected chi connectivity index (χ1v) is 7.60. The zero-order valence-corrected chi connectivity index (χ0v) is 13.1. The summed E-state index contributed by atoms with van der Waals surface area (Å²) in [6.45, 7) is 0.236. The predicted octanol–water partition coefficient (Wildman–Crippen LogP) is 3.13. The van der Waals surface area contributed by atoms with Gasteiger partial charge in [0.05, 0.1) is 12.1 Å². The fourth-order valence-corrected chi connectivity index (χ4v) is 2.56. The highest BCUT2D eigenvalue weighted by Gasteiger charge is 2.13. The zero-order valence-electron chi connectivity index (χ0n) is 12.3. The summed E-state index contributed by atoms with van der Waals surface area (Å²) < 4.78 is 5.24. The van der Waals surface area contributed by atoms with Crippen LogP contribution in [0.1, 0.15) is 16.3 Å². The normalized spacial score (nSPS) is 11.0. The minimum Gasteiger partial charge on any atom is -0.443 e. The van der Waals surface area contributed by atoms with Gasteiger partial charge in [-0.15, -0.1) is 0 Å². The van der Waals surface area contributed by atoms with Crippen LogP contribution >= 0.6 is 11.6 Å². The molecule has 0 aliphatic rings. The van der Waals surface area contributed by atoms with Gasteiger partial charge >= 0.3 is 0 Å². The maximum Gasteiger partial charge on any atom is 0.268 e. The largest absolute Gasteiger partial charge is 0.443 e. The molecule has 8 heteroatoms. The summed E-state index contributed by atoms with van der Waals surface area (Å²) in [5.41, 5.74) is 2.52. The Kier molecular flexibility index (Phi) is 3.55. The van der Waals surface area contributed by atoms with Crippen LogP contribution in [0, 0.1) is 0 Å². The standard InChI is InChI=1S/C16H12ClN5O2/c17-13-7-10-12(24-13)6-11(19-10)16(23)18-8-14-20-15(22-21-14)9-4-2-1-3-5-9/h1-7,19H,8H2,(H,18,23)(H,20,21,22). The Morgan fingerprint density at radius 1 is 1.25 bits per heavy atom. The Morgan fingerprint density at radius 3 is 2.88 bits per heavy atom. The molecule has 0 spiro atoms. The van der Waals surface area contributed by atoms with Crippen molar-refractivity contribution in [1.82, 2.24) is 25.5 Å². The van der Waals surface area contributed by atoms with Gasteiger partial charge in [0.2, 0.25) is 0 Å². The number of benzene rings is 1. The number of hydrogen-bond donors (Lipinski definition) is 3. The number of H-pyrrole nitrogens is 2. The number of aromatic nitrogens is 4. The Labute approximate surface area is 141 Å². The van der Waals surface area contributed by atoms with E-state index in [0.717, 1.165) is 5.56 Å². The van der Waals surface area contributed by atoms with Crippen molar-refractivity contribution in [3.63, 3.8) is 0 Å². The SMILES string of the molecule is O=C(NCc1nc(-c2ccccc2)n[nH]1)c1cc2oc(Cl)cc2[nH]1. The number of rotatable bonds is 4.